The zero-order valence-electron chi connectivity index (χ0n) is 19.1. The number of anilines is 3. The summed E-state index contributed by atoms with van der Waals surface area (Å²) in [5, 5.41) is 5.53. The van der Waals surface area contributed by atoms with Crippen LogP contribution in [-0.2, 0) is 9.59 Å². The Bertz CT molecular complexity index is 1240. The Morgan fingerprint density at radius 1 is 1.03 bits per heavy atom. The van der Waals surface area contributed by atoms with E-state index in [9.17, 15) is 14.4 Å². The number of hydrogen-bond acceptors (Lipinski definition) is 6. The molecule has 2 heterocycles. The highest BCUT2D eigenvalue weighted by atomic mass is 79.9. The molecule has 0 bridgehead atoms. The number of halogens is 1. The van der Waals surface area contributed by atoms with Gasteiger partial charge in [0.1, 0.15) is 17.3 Å². The number of carbonyl (C=O) groups excluding carboxylic acids is 3. The summed E-state index contributed by atoms with van der Waals surface area (Å²) in [6.07, 6.45) is 1.65. The van der Waals surface area contributed by atoms with Gasteiger partial charge in [-0.05, 0) is 46.3 Å². The molecular formula is C25H23BrN4O5. The third-order valence-electron chi connectivity index (χ3n) is 5.50. The number of nitrogens with one attached hydrogen (secondary N) is 2. The fourth-order valence-electron chi connectivity index (χ4n) is 3.70. The molecule has 0 radical (unpaired) electrons. The Hall–Kier alpha value is -3.92. The van der Waals surface area contributed by atoms with Crippen LogP contribution in [0.5, 0.6) is 11.5 Å². The van der Waals surface area contributed by atoms with Gasteiger partial charge >= 0.3 is 0 Å². The predicted molar refractivity (Wildman–Crippen MR) is 135 cm³/mol. The van der Waals surface area contributed by atoms with Crippen molar-refractivity contribution in [1.82, 2.24) is 4.98 Å². The first-order chi connectivity index (χ1) is 16.9. The molecule has 2 aromatic carbocycles. The Kier molecular flexibility index (Phi) is 7.31. The summed E-state index contributed by atoms with van der Waals surface area (Å²) < 4.78 is 11.4. The molecule has 1 fully saturated rings. The molecule has 3 aromatic rings. The third-order valence-corrected chi connectivity index (χ3v) is 5.97. The molecule has 35 heavy (non-hydrogen) atoms. The van der Waals surface area contributed by atoms with Crippen molar-refractivity contribution >= 4 is 50.8 Å². The van der Waals surface area contributed by atoms with Gasteiger partial charge in [-0.3, -0.25) is 14.4 Å². The van der Waals surface area contributed by atoms with Gasteiger partial charge in [0.2, 0.25) is 11.8 Å². The van der Waals surface area contributed by atoms with Crippen LogP contribution in [0, 0.1) is 5.92 Å². The third kappa shape index (κ3) is 5.78. The van der Waals surface area contributed by atoms with Gasteiger partial charge in [0.05, 0.1) is 25.8 Å². The molecule has 0 aliphatic carbocycles. The predicted octanol–water partition coefficient (Wildman–Crippen LogP) is 4.11. The molecule has 1 saturated heterocycles. The van der Waals surface area contributed by atoms with Crippen molar-refractivity contribution < 1.29 is 23.9 Å². The minimum absolute atomic E-state index is 0.0702. The zero-order chi connectivity index (χ0) is 24.9. The zero-order valence-corrected chi connectivity index (χ0v) is 20.7. The lowest BCUT2D eigenvalue weighted by Crippen LogP contribution is -2.28. The first-order valence-corrected chi connectivity index (χ1v) is 11.5. The summed E-state index contributed by atoms with van der Waals surface area (Å²) in [5.74, 6) is 0.126. The van der Waals surface area contributed by atoms with Gasteiger partial charge < -0.3 is 25.0 Å². The first kappa shape index (κ1) is 24.2. The van der Waals surface area contributed by atoms with Crippen molar-refractivity contribution in [2.45, 2.75) is 6.42 Å². The van der Waals surface area contributed by atoms with E-state index >= 15 is 0 Å². The number of benzene rings is 2. The second-order valence-electron chi connectivity index (χ2n) is 7.86. The van der Waals surface area contributed by atoms with Gasteiger partial charge in [-0.25, -0.2) is 4.98 Å². The maximum absolute atomic E-state index is 12.9. The number of methoxy groups -OCH3 is 2. The molecule has 1 aliphatic rings. The lowest BCUT2D eigenvalue weighted by molar-refractivity contribution is -0.122. The van der Waals surface area contributed by atoms with Gasteiger partial charge in [0, 0.05) is 53.1 Å². The van der Waals surface area contributed by atoms with Gasteiger partial charge in [0.25, 0.3) is 5.91 Å². The van der Waals surface area contributed by atoms with Gasteiger partial charge in [-0.15, -0.1) is 0 Å². The summed E-state index contributed by atoms with van der Waals surface area (Å²) in [5.41, 5.74) is 1.42. The molecule has 2 N–H and O–H groups in total. The summed E-state index contributed by atoms with van der Waals surface area (Å²) in [6.45, 7) is 0.219. The smallest absolute Gasteiger partial charge is 0.256 e. The van der Waals surface area contributed by atoms with Crippen LogP contribution in [0.3, 0.4) is 0 Å². The van der Waals surface area contributed by atoms with E-state index in [1.165, 1.54) is 14.2 Å². The molecule has 4 rings (SSSR count). The quantitative estimate of drug-likeness (QED) is 0.468. The van der Waals surface area contributed by atoms with Crippen LogP contribution < -0.4 is 25.0 Å². The maximum atomic E-state index is 12.9. The molecular weight excluding hydrogens is 516 g/mol. The second-order valence-corrected chi connectivity index (χ2v) is 8.78. The van der Waals surface area contributed by atoms with E-state index in [1.807, 2.05) is 0 Å². The highest BCUT2D eigenvalue weighted by Crippen LogP contribution is 2.32. The van der Waals surface area contributed by atoms with Crippen molar-refractivity contribution in [3.05, 3.63) is 70.8 Å². The van der Waals surface area contributed by atoms with E-state index in [2.05, 4.69) is 31.5 Å². The van der Waals surface area contributed by atoms with Crippen molar-refractivity contribution in [2.75, 3.05) is 36.3 Å². The summed E-state index contributed by atoms with van der Waals surface area (Å²) >= 11 is 3.30. The normalized spacial score (nSPS) is 15.0. The van der Waals surface area contributed by atoms with Crippen LogP contribution in [0.2, 0.25) is 0 Å². The van der Waals surface area contributed by atoms with E-state index in [0.29, 0.717) is 34.3 Å². The number of aromatic nitrogens is 1. The van der Waals surface area contributed by atoms with Crippen molar-refractivity contribution in [1.29, 1.82) is 0 Å². The fourth-order valence-corrected chi connectivity index (χ4v) is 3.94. The molecule has 10 heteroatoms. The number of carbonyl (C=O) groups is 3. The Labute approximate surface area is 210 Å². The van der Waals surface area contributed by atoms with E-state index in [4.69, 9.17) is 9.47 Å². The molecule has 3 amide bonds. The average molecular weight is 539 g/mol. The summed E-state index contributed by atoms with van der Waals surface area (Å²) in [4.78, 5) is 43.9. The Morgan fingerprint density at radius 2 is 1.77 bits per heavy atom. The van der Waals surface area contributed by atoms with Crippen LogP contribution in [0.25, 0.3) is 0 Å². The van der Waals surface area contributed by atoms with Gasteiger partial charge in [-0.1, -0.05) is 6.07 Å². The SMILES string of the molecule is COc1cc(OC)cc(N2CC(C(=O)Nc3cccc(C(=O)Nc4ccc(Br)cn4)c3)CC2=O)c1. The average Bonchev–Trinajstić information content (AvgIpc) is 3.27. The first-order valence-electron chi connectivity index (χ1n) is 10.7. The van der Waals surface area contributed by atoms with Gasteiger partial charge in [0.15, 0.2) is 0 Å². The molecule has 0 spiro atoms. The topological polar surface area (TPSA) is 110 Å². The number of nitrogens with zero attached hydrogens (tertiary/aromatic N) is 2. The van der Waals surface area contributed by atoms with Crippen molar-refractivity contribution in [3.8, 4) is 11.5 Å². The maximum Gasteiger partial charge on any atom is 0.256 e. The molecule has 1 aromatic heterocycles. The number of amides is 3. The lowest BCUT2D eigenvalue weighted by Gasteiger charge is -2.18. The molecule has 9 nitrogen and oxygen atoms in total. The Morgan fingerprint density at radius 3 is 2.43 bits per heavy atom. The second kappa shape index (κ2) is 10.6. The molecule has 1 atom stereocenters. The minimum atomic E-state index is -0.552. The number of pyridine rings is 1. The molecule has 0 saturated carbocycles. The summed E-state index contributed by atoms with van der Waals surface area (Å²) in [6, 6.07) is 15.2. The lowest BCUT2D eigenvalue weighted by atomic mass is 10.1. The number of hydrogen-bond donors (Lipinski definition) is 2. The van der Waals surface area contributed by atoms with E-state index in [-0.39, 0.29) is 30.7 Å². The summed E-state index contributed by atoms with van der Waals surface area (Å²) in [7, 11) is 3.06. The largest absolute Gasteiger partial charge is 0.497 e. The fraction of sp³-hybridized carbons (Fsp3) is 0.200. The number of ether oxygens (including phenoxy) is 2. The Balaban J connectivity index is 1.42. The monoisotopic (exact) mass is 538 g/mol. The molecule has 180 valence electrons. The van der Waals surface area contributed by atoms with Gasteiger partial charge in [-0.2, -0.15) is 0 Å². The van der Waals surface area contributed by atoms with E-state index in [1.54, 1.807) is 65.7 Å². The van der Waals surface area contributed by atoms with E-state index < -0.39 is 5.92 Å². The van der Waals surface area contributed by atoms with Crippen LogP contribution in [-0.4, -0.2) is 43.5 Å². The van der Waals surface area contributed by atoms with Crippen molar-refractivity contribution in [2.24, 2.45) is 5.92 Å². The highest BCUT2D eigenvalue weighted by molar-refractivity contribution is 9.10. The van der Waals surface area contributed by atoms with Crippen molar-refractivity contribution in [3.63, 3.8) is 0 Å². The van der Waals surface area contributed by atoms with Crippen LogP contribution in [0.15, 0.2) is 65.3 Å². The van der Waals surface area contributed by atoms with E-state index in [0.717, 1.165) is 4.47 Å². The number of rotatable bonds is 7. The highest BCUT2D eigenvalue weighted by Gasteiger charge is 2.35. The van der Waals surface area contributed by atoms with Crippen LogP contribution >= 0.6 is 15.9 Å². The van der Waals surface area contributed by atoms with Crippen LogP contribution in [0.4, 0.5) is 17.2 Å². The van der Waals surface area contributed by atoms with Crippen LogP contribution in [0.1, 0.15) is 16.8 Å². The molecule has 1 unspecified atom stereocenters. The minimum Gasteiger partial charge on any atom is -0.497 e. The molecule has 1 aliphatic heterocycles. The standard InChI is InChI=1S/C25H23BrN4O5/c1-34-20-10-19(11-21(12-20)35-2)30-14-16(9-23(30)31)25(33)28-18-5-3-4-15(8-18)24(32)29-22-7-6-17(26)13-27-22/h3-8,10-13,16H,9,14H2,1-2H3,(H,28,33)(H,27,29,32).